The number of para-hydroxylation sites is 1. The topological polar surface area (TPSA) is 35.2 Å². The summed E-state index contributed by atoms with van der Waals surface area (Å²) >= 11 is 0. The van der Waals surface area contributed by atoms with Gasteiger partial charge in [0, 0.05) is 5.54 Å². The molecule has 0 bridgehead atoms. The lowest BCUT2D eigenvalue weighted by Crippen LogP contribution is -2.48. The van der Waals surface area contributed by atoms with Gasteiger partial charge in [-0.25, -0.2) is 0 Å². The fourth-order valence-electron chi connectivity index (χ4n) is 3.77. The molecular weight excluding hydrogens is 378 g/mol. The van der Waals surface area contributed by atoms with Crippen LogP contribution in [-0.2, 0) is 0 Å². The highest BCUT2D eigenvalue weighted by atomic mass is 35.5. The first-order chi connectivity index (χ1) is 13.5. The normalized spacial score (nSPS) is 12.4. The summed E-state index contributed by atoms with van der Waals surface area (Å²) in [7, 11) is 0. The van der Waals surface area contributed by atoms with Crippen LogP contribution >= 0.6 is 12.4 Å². The molecule has 170 valence electrons. The van der Waals surface area contributed by atoms with Gasteiger partial charge in [0.15, 0.2) is 0 Å². The van der Waals surface area contributed by atoms with E-state index in [0.29, 0.717) is 0 Å². The van der Waals surface area contributed by atoms with Crippen LogP contribution in [0.2, 0.25) is 0 Å². The minimum Gasteiger partial charge on any atom is -0.489 e. The molecule has 1 aromatic carbocycles. The Labute approximate surface area is 187 Å². The molecule has 1 atom stereocenters. The smallest absolute Gasteiger partial charge is 0.119 e. The summed E-state index contributed by atoms with van der Waals surface area (Å²) in [6.07, 6.45) is 20.6. The van der Waals surface area contributed by atoms with Crippen molar-refractivity contribution in [2.45, 2.75) is 129 Å². The molecule has 0 saturated heterocycles. The van der Waals surface area contributed by atoms with Gasteiger partial charge < -0.3 is 10.5 Å². The van der Waals surface area contributed by atoms with Crippen molar-refractivity contribution >= 4 is 12.4 Å². The maximum absolute atomic E-state index is 6.36. The van der Waals surface area contributed by atoms with Crippen LogP contribution in [0.3, 0.4) is 0 Å². The fraction of sp³-hybridized carbons (Fsp3) is 0.769. The highest BCUT2D eigenvalue weighted by molar-refractivity contribution is 5.85. The predicted octanol–water partition coefficient (Wildman–Crippen LogP) is 8.46. The maximum Gasteiger partial charge on any atom is 0.119 e. The molecular formula is C26H48ClNO. The largest absolute Gasteiger partial charge is 0.489 e. The second-order valence-corrected chi connectivity index (χ2v) is 9.13. The van der Waals surface area contributed by atoms with Crippen molar-refractivity contribution in [1.82, 2.24) is 0 Å². The summed E-state index contributed by atoms with van der Waals surface area (Å²) in [5.41, 5.74) is 6.04. The first-order valence-electron chi connectivity index (χ1n) is 12.0. The summed E-state index contributed by atoms with van der Waals surface area (Å²) in [6.45, 7) is 6.44. The van der Waals surface area contributed by atoms with Crippen LogP contribution in [0.25, 0.3) is 0 Å². The molecule has 1 rings (SSSR count). The summed E-state index contributed by atoms with van der Waals surface area (Å²) in [6, 6.07) is 10.1. The van der Waals surface area contributed by atoms with Crippen LogP contribution in [0.5, 0.6) is 5.75 Å². The Kier molecular flexibility index (Phi) is 17.6. The third kappa shape index (κ3) is 15.7. The molecule has 0 saturated carbocycles. The van der Waals surface area contributed by atoms with Gasteiger partial charge in [0.2, 0.25) is 0 Å². The van der Waals surface area contributed by atoms with Gasteiger partial charge in [0.25, 0.3) is 0 Å². The Bertz CT molecular complexity index is 458. The number of nitrogens with two attached hydrogens (primary N) is 1. The van der Waals surface area contributed by atoms with Crippen LogP contribution in [0.4, 0.5) is 0 Å². The number of rotatable bonds is 18. The van der Waals surface area contributed by atoms with Gasteiger partial charge in [-0.2, -0.15) is 0 Å². The van der Waals surface area contributed by atoms with Crippen LogP contribution in [0.15, 0.2) is 30.3 Å². The third-order valence-corrected chi connectivity index (χ3v) is 5.67. The summed E-state index contributed by atoms with van der Waals surface area (Å²) in [5, 5.41) is 0. The van der Waals surface area contributed by atoms with Crippen molar-refractivity contribution < 1.29 is 4.74 Å². The zero-order valence-electron chi connectivity index (χ0n) is 19.5. The second-order valence-electron chi connectivity index (χ2n) is 9.13. The van der Waals surface area contributed by atoms with Gasteiger partial charge in [-0.05, 0) is 38.8 Å². The molecule has 0 heterocycles. The molecule has 3 heteroatoms. The molecule has 0 aliphatic rings. The van der Waals surface area contributed by atoms with E-state index in [9.17, 15) is 0 Å². The van der Waals surface area contributed by atoms with E-state index < -0.39 is 0 Å². The molecule has 0 aliphatic carbocycles. The molecule has 0 amide bonds. The van der Waals surface area contributed by atoms with Crippen LogP contribution in [0.1, 0.15) is 117 Å². The second kappa shape index (κ2) is 18.1. The van der Waals surface area contributed by atoms with Gasteiger partial charge in [0.05, 0.1) is 0 Å². The highest BCUT2D eigenvalue weighted by Gasteiger charge is 2.26. The molecule has 1 aromatic rings. The first-order valence-corrected chi connectivity index (χ1v) is 12.0. The van der Waals surface area contributed by atoms with Crippen molar-refractivity contribution in [3.05, 3.63) is 30.3 Å². The van der Waals surface area contributed by atoms with Gasteiger partial charge >= 0.3 is 0 Å². The minimum absolute atomic E-state index is 0. The first kappa shape index (κ1) is 28.3. The van der Waals surface area contributed by atoms with E-state index in [-0.39, 0.29) is 24.0 Å². The van der Waals surface area contributed by atoms with E-state index in [2.05, 4.69) is 20.8 Å². The number of hydrogen-bond donors (Lipinski definition) is 1. The highest BCUT2D eigenvalue weighted by Crippen LogP contribution is 2.22. The zero-order valence-corrected chi connectivity index (χ0v) is 20.3. The van der Waals surface area contributed by atoms with Crippen molar-refractivity contribution in [3.63, 3.8) is 0 Å². The van der Waals surface area contributed by atoms with E-state index in [1.54, 1.807) is 0 Å². The van der Waals surface area contributed by atoms with E-state index >= 15 is 0 Å². The Morgan fingerprint density at radius 3 is 1.55 bits per heavy atom. The van der Waals surface area contributed by atoms with Crippen molar-refractivity contribution in [2.75, 3.05) is 0 Å². The van der Waals surface area contributed by atoms with E-state index in [1.807, 2.05) is 30.3 Å². The Hall–Kier alpha value is -0.730. The molecule has 1 unspecified atom stereocenters. The van der Waals surface area contributed by atoms with Crippen molar-refractivity contribution in [2.24, 2.45) is 5.73 Å². The van der Waals surface area contributed by atoms with Gasteiger partial charge in [-0.3, -0.25) is 0 Å². The average Bonchev–Trinajstić information content (AvgIpc) is 2.67. The van der Waals surface area contributed by atoms with E-state index in [1.165, 1.54) is 89.9 Å². The maximum atomic E-state index is 6.36. The van der Waals surface area contributed by atoms with E-state index in [0.717, 1.165) is 12.2 Å². The lowest BCUT2D eigenvalue weighted by atomic mass is 9.93. The summed E-state index contributed by atoms with van der Waals surface area (Å²) in [5.74, 6) is 0.927. The van der Waals surface area contributed by atoms with Crippen LogP contribution in [0, 0.1) is 0 Å². The monoisotopic (exact) mass is 425 g/mol. The lowest BCUT2D eigenvalue weighted by Gasteiger charge is -2.31. The number of unbranched alkanes of at least 4 members (excludes halogenated alkanes) is 13. The molecule has 29 heavy (non-hydrogen) atoms. The lowest BCUT2D eigenvalue weighted by molar-refractivity contribution is 0.117. The number of ether oxygens (including phenoxy) is 1. The molecule has 0 fully saturated rings. The Morgan fingerprint density at radius 1 is 0.724 bits per heavy atom. The standard InChI is InChI=1S/C26H47NO.ClH/c1-4-5-6-7-8-9-10-11-12-13-14-15-16-20-23-25(26(2,3)27)28-24-21-18-17-19-22-24;/h17-19,21-22,25H,4-16,20,23,27H2,1-3H3;1H. The van der Waals surface area contributed by atoms with Gasteiger partial charge in [0.1, 0.15) is 11.9 Å². The molecule has 0 aromatic heterocycles. The van der Waals surface area contributed by atoms with E-state index in [4.69, 9.17) is 10.5 Å². The zero-order chi connectivity index (χ0) is 20.5. The number of halogens is 1. The Balaban J connectivity index is 0.00000784. The molecule has 0 spiro atoms. The Morgan fingerprint density at radius 2 is 1.14 bits per heavy atom. The molecule has 0 radical (unpaired) electrons. The number of hydrogen-bond acceptors (Lipinski definition) is 2. The SMILES string of the molecule is CCCCCCCCCCCCCCCCC(Oc1ccccc1)C(C)(C)N.Cl. The van der Waals surface area contributed by atoms with Crippen LogP contribution < -0.4 is 10.5 Å². The molecule has 2 nitrogen and oxygen atoms in total. The summed E-state index contributed by atoms with van der Waals surface area (Å²) in [4.78, 5) is 0. The quantitative estimate of drug-likeness (QED) is 0.239. The third-order valence-electron chi connectivity index (χ3n) is 5.67. The average molecular weight is 426 g/mol. The van der Waals surface area contributed by atoms with Crippen molar-refractivity contribution in [1.29, 1.82) is 0 Å². The molecule has 2 N–H and O–H groups in total. The number of benzene rings is 1. The van der Waals surface area contributed by atoms with Gasteiger partial charge in [-0.15, -0.1) is 12.4 Å². The van der Waals surface area contributed by atoms with Crippen LogP contribution in [-0.4, -0.2) is 11.6 Å². The predicted molar refractivity (Wildman–Crippen MR) is 131 cm³/mol. The van der Waals surface area contributed by atoms with Gasteiger partial charge in [-0.1, -0.05) is 109 Å². The van der Waals surface area contributed by atoms with Crippen molar-refractivity contribution in [3.8, 4) is 5.75 Å². The molecule has 0 aliphatic heterocycles. The fourth-order valence-corrected chi connectivity index (χ4v) is 3.77. The minimum atomic E-state index is -0.313. The summed E-state index contributed by atoms with van der Waals surface area (Å²) < 4.78 is 6.17.